The Balaban J connectivity index is 1.84. The van der Waals surface area contributed by atoms with Gasteiger partial charge in [0.15, 0.2) is 11.0 Å². The highest BCUT2D eigenvalue weighted by Crippen LogP contribution is 2.54. The van der Waals surface area contributed by atoms with E-state index in [0.717, 1.165) is 25.9 Å². The SMILES string of the molecule is Cc1nc(Cl)c(F)c2nc(Cl)nc(N3CCC4(CC3)CC4)c12. The summed E-state index contributed by atoms with van der Waals surface area (Å²) in [4.78, 5) is 14.6. The van der Waals surface area contributed by atoms with Gasteiger partial charge in [0.2, 0.25) is 5.28 Å². The van der Waals surface area contributed by atoms with Crippen LogP contribution in [0.1, 0.15) is 31.4 Å². The number of pyridine rings is 1. The Hall–Kier alpha value is -1.20. The van der Waals surface area contributed by atoms with Crippen LogP contribution in [-0.2, 0) is 0 Å². The van der Waals surface area contributed by atoms with Crippen LogP contribution in [0.25, 0.3) is 10.9 Å². The summed E-state index contributed by atoms with van der Waals surface area (Å²) in [5, 5.41) is 0.467. The molecule has 1 spiro atoms. The van der Waals surface area contributed by atoms with Crippen molar-refractivity contribution in [3.05, 3.63) is 21.9 Å². The molecule has 1 saturated carbocycles. The zero-order valence-corrected chi connectivity index (χ0v) is 13.7. The summed E-state index contributed by atoms with van der Waals surface area (Å²) in [5.41, 5.74) is 1.34. The summed E-state index contributed by atoms with van der Waals surface area (Å²) in [5.74, 6) is 0.0366. The number of anilines is 1. The first-order valence-electron chi connectivity index (χ1n) is 7.43. The molecule has 2 aliphatic rings. The minimum absolute atomic E-state index is 0.0368. The van der Waals surface area contributed by atoms with Gasteiger partial charge in [0.05, 0.1) is 11.1 Å². The van der Waals surface area contributed by atoms with Crippen molar-refractivity contribution in [1.82, 2.24) is 15.0 Å². The fourth-order valence-corrected chi connectivity index (χ4v) is 3.74. The second-order valence-corrected chi connectivity index (χ2v) is 7.02. The Bertz CT molecular complexity index is 766. The molecule has 2 fully saturated rings. The maximum Gasteiger partial charge on any atom is 0.225 e. The number of fused-ring (bicyclic) bond motifs is 1. The zero-order valence-electron chi connectivity index (χ0n) is 12.2. The summed E-state index contributed by atoms with van der Waals surface area (Å²) in [6, 6.07) is 0. The van der Waals surface area contributed by atoms with E-state index in [1.54, 1.807) is 6.92 Å². The standard InChI is InChI=1S/C15H15Cl2FN4/c1-8-9-11(10(18)12(16)19-8)20-14(17)21-13(9)22-6-4-15(2-3-15)5-7-22/h2-7H2,1H3. The van der Waals surface area contributed by atoms with Crippen molar-refractivity contribution in [1.29, 1.82) is 0 Å². The van der Waals surface area contributed by atoms with Crippen LogP contribution in [0, 0.1) is 18.2 Å². The van der Waals surface area contributed by atoms with Gasteiger partial charge in [-0.15, -0.1) is 0 Å². The largest absolute Gasteiger partial charge is 0.356 e. The maximum atomic E-state index is 14.3. The number of hydrogen-bond acceptors (Lipinski definition) is 4. The molecular weight excluding hydrogens is 326 g/mol. The predicted octanol–water partition coefficient (Wildman–Crippen LogP) is 4.16. The first kappa shape index (κ1) is 14.4. The van der Waals surface area contributed by atoms with Gasteiger partial charge >= 0.3 is 0 Å². The van der Waals surface area contributed by atoms with E-state index in [1.165, 1.54) is 12.8 Å². The van der Waals surface area contributed by atoms with Crippen LogP contribution in [0.3, 0.4) is 0 Å². The van der Waals surface area contributed by atoms with Crippen molar-refractivity contribution >= 4 is 39.9 Å². The summed E-state index contributed by atoms with van der Waals surface area (Å²) in [7, 11) is 0. The number of rotatable bonds is 1. The first-order valence-corrected chi connectivity index (χ1v) is 8.18. The molecule has 3 heterocycles. The Labute approximate surface area is 137 Å². The lowest BCUT2D eigenvalue weighted by Gasteiger charge is -2.33. The predicted molar refractivity (Wildman–Crippen MR) is 85.2 cm³/mol. The molecule has 2 aromatic heterocycles. The highest BCUT2D eigenvalue weighted by molar-refractivity contribution is 6.31. The van der Waals surface area contributed by atoms with Crippen LogP contribution in [-0.4, -0.2) is 28.0 Å². The molecule has 1 saturated heterocycles. The molecule has 0 bridgehead atoms. The van der Waals surface area contributed by atoms with E-state index in [9.17, 15) is 4.39 Å². The lowest BCUT2D eigenvalue weighted by Crippen LogP contribution is -2.35. The van der Waals surface area contributed by atoms with Crippen molar-refractivity contribution in [2.24, 2.45) is 5.41 Å². The number of nitrogens with zero attached hydrogens (tertiary/aromatic N) is 4. The zero-order chi connectivity index (χ0) is 15.5. The van der Waals surface area contributed by atoms with Gasteiger partial charge in [-0.1, -0.05) is 11.6 Å². The van der Waals surface area contributed by atoms with E-state index in [-0.39, 0.29) is 16.0 Å². The fourth-order valence-electron chi connectivity index (χ4n) is 3.36. The van der Waals surface area contributed by atoms with Crippen molar-refractivity contribution in [3.63, 3.8) is 0 Å². The van der Waals surface area contributed by atoms with E-state index < -0.39 is 5.82 Å². The van der Waals surface area contributed by atoms with E-state index >= 15 is 0 Å². The molecule has 0 aromatic carbocycles. The number of halogens is 3. The van der Waals surface area contributed by atoms with E-state index in [4.69, 9.17) is 23.2 Å². The fraction of sp³-hybridized carbons (Fsp3) is 0.533. The molecule has 1 aliphatic carbocycles. The molecule has 116 valence electrons. The lowest BCUT2D eigenvalue weighted by atomic mass is 9.93. The van der Waals surface area contributed by atoms with E-state index in [1.807, 2.05) is 0 Å². The number of aromatic nitrogens is 3. The Morgan fingerprint density at radius 1 is 1.05 bits per heavy atom. The third-order valence-corrected chi connectivity index (χ3v) is 5.38. The highest BCUT2D eigenvalue weighted by Gasteiger charge is 2.44. The van der Waals surface area contributed by atoms with Gasteiger partial charge in [-0.05, 0) is 49.6 Å². The van der Waals surface area contributed by atoms with Crippen LogP contribution in [0.5, 0.6) is 0 Å². The van der Waals surface area contributed by atoms with Crippen LogP contribution in [0.4, 0.5) is 10.2 Å². The van der Waals surface area contributed by atoms with Gasteiger partial charge in [0, 0.05) is 13.1 Å². The van der Waals surface area contributed by atoms with Gasteiger partial charge in [0.25, 0.3) is 0 Å². The Kier molecular flexibility index (Phi) is 3.20. The van der Waals surface area contributed by atoms with Gasteiger partial charge in [-0.2, -0.15) is 4.98 Å². The molecule has 4 nitrogen and oxygen atoms in total. The maximum absolute atomic E-state index is 14.3. The molecule has 0 unspecified atom stereocenters. The highest BCUT2D eigenvalue weighted by atomic mass is 35.5. The minimum Gasteiger partial charge on any atom is -0.356 e. The van der Waals surface area contributed by atoms with Crippen molar-refractivity contribution in [2.45, 2.75) is 32.6 Å². The van der Waals surface area contributed by atoms with Crippen LogP contribution in [0.2, 0.25) is 10.4 Å². The molecule has 1 aliphatic heterocycles. The average molecular weight is 341 g/mol. The van der Waals surface area contributed by atoms with Crippen molar-refractivity contribution < 1.29 is 4.39 Å². The smallest absolute Gasteiger partial charge is 0.225 e. The second-order valence-electron chi connectivity index (χ2n) is 6.33. The van der Waals surface area contributed by atoms with Crippen molar-refractivity contribution in [2.75, 3.05) is 18.0 Å². The van der Waals surface area contributed by atoms with Gasteiger partial charge in [-0.25, -0.2) is 14.4 Å². The van der Waals surface area contributed by atoms with Gasteiger partial charge in [0.1, 0.15) is 11.3 Å². The molecule has 22 heavy (non-hydrogen) atoms. The van der Waals surface area contributed by atoms with Crippen molar-refractivity contribution in [3.8, 4) is 0 Å². The average Bonchev–Trinajstić information content (AvgIpc) is 3.24. The van der Waals surface area contributed by atoms with Gasteiger partial charge < -0.3 is 4.90 Å². The number of aryl methyl sites for hydroxylation is 1. The molecule has 0 atom stereocenters. The topological polar surface area (TPSA) is 41.9 Å². The second kappa shape index (κ2) is 4.90. The molecule has 7 heteroatoms. The summed E-state index contributed by atoms with van der Waals surface area (Å²) in [6.45, 7) is 3.61. The minimum atomic E-state index is -0.636. The number of piperidine rings is 1. The molecule has 2 aromatic rings. The molecule has 4 rings (SSSR count). The van der Waals surface area contributed by atoms with Crippen LogP contribution in [0.15, 0.2) is 0 Å². The third-order valence-electron chi connectivity index (χ3n) is 4.96. The Morgan fingerprint density at radius 2 is 1.73 bits per heavy atom. The molecule has 0 amide bonds. The summed E-state index contributed by atoms with van der Waals surface area (Å²) >= 11 is 11.8. The summed E-state index contributed by atoms with van der Waals surface area (Å²) < 4.78 is 14.3. The number of hydrogen-bond donors (Lipinski definition) is 0. The summed E-state index contributed by atoms with van der Waals surface area (Å²) in [6.07, 6.45) is 4.96. The quantitative estimate of drug-likeness (QED) is 0.577. The van der Waals surface area contributed by atoms with Crippen LogP contribution >= 0.6 is 23.2 Å². The molecular formula is C15H15Cl2FN4. The third kappa shape index (κ3) is 2.22. The van der Waals surface area contributed by atoms with Gasteiger partial charge in [-0.3, -0.25) is 0 Å². The molecule has 0 N–H and O–H groups in total. The first-order chi connectivity index (χ1) is 10.5. The Morgan fingerprint density at radius 3 is 2.36 bits per heavy atom. The monoisotopic (exact) mass is 340 g/mol. The van der Waals surface area contributed by atoms with E-state index in [0.29, 0.717) is 22.3 Å². The van der Waals surface area contributed by atoms with E-state index in [2.05, 4.69) is 19.9 Å². The van der Waals surface area contributed by atoms with Crippen LogP contribution < -0.4 is 4.90 Å². The molecule has 0 radical (unpaired) electrons. The normalized spacial score (nSPS) is 19.9. The lowest BCUT2D eigenvalue weighted by molar-refractivity contribution is 0.383.